The maximum atomic E-state index is 5.83. The van der Waals surface area contributed by atoms with Crippen LogP contribution in [0.2, 0.25) is 0 Å². The highest BCUT2D eigenvalue weighted by molar-refractivity contribution is 6.01. The van der Waals surface area contributed by atoms with Crippen molar-refractivity contribution in [1.82, 2.24) is 0 Å². The Morgan fingerprint density at radius 3 is 3.16 bits per heavy atom. The van der Waals surface area contributed by atoms with Crippen LogP contribution in [0.3, 0.4) is 0 Å². The molecule has 2 aliphatic rings. The molecule has 0 radical (unpaired) electrons. The average molecular weight is 261 g/mol. The summed E-state index contributed by atoms with van der Waals surface area (Å²) in [6, 6.07) is 5.59. The number of nitrogens with one attached hydrogen (secondary N) is 1. The standard InChI is InChI=1S/C14H19N3O2/c1-9-14(16-8-11-3-2-6-18-11)17-12-5-4-10(15)7-13(12)19-9/h4-5,7,9,11H,2-3,6,8,15H2,1H3,(H,16,17). The lowest BCUT2D eigenvalue weighted by atomic mass is 10.2. The first-order valence-electron chi connectivity index (χ1n) is 6.71. The van der Waals surface area contributed by atoms with Crippen LogP contribution in [-0.4, -0.2) is 31.2 Å². The minimum Gasteiger partial charge on any atom is -0.481 e. The lowest BCUT2D eigenvalue weighted by Gasteiger charge is -2.27. The van der Waals surface area contributed by atoms with Gasteiger partial charge in [-0.25, -0.2) is 0 Å². The highest BCUT2D eigenvalue weighted by atomic mass is 16.5. The molecule has 102 valence electrons. The molecular formula is C14H19N3O2. The Hall–Kier alpha value is -1.75. The smallest absolute Gasteiger partial charge is 0.153 e. The number of nitrogen functional groups attached to an aromatic ring is 1. The quantitative estimate of drug-likeness (QED) is 0.799. The summed E-state index contributed by atoms with van der Waals surface area (Å²) in [5.74, 6) is 1.64. The number of hydrogen-bond donors (Lipinski definition) is 2. The third-order valence-corrected chi connectivity index (χ3v) is 3.45. The van der Waals surface area contributed by atoms with E-state index >= 15 is 0 Å². The van der Waals surface area contributed by atoms with Crippen LogP contribution < -0.4 is 15.8 Å². The summed E-state index contributed by atoms with van der Waals surface area (Å²) < 4.78 is 11.4. The lowest BCUT2D eigenvalue weighted by molar-refractivity contribution is 0.117. The summed E-state index contributed by atoms with van der Waals surface area (Å²) in [6.45, 7) is 3.53. The molecule has 19 heavy (non-hydrogen) atoms. The maximum absolute atomic E-state index is 5.83. The fourth-order valence-electron chi connectivity index (χ4n) is 2.38. The molecule has 5 nitrogen and oxygen atoms in total. The van der Waals surface area contributed by atoms with Crippen LogP contribution in [0.4, 0.5) is 11.4 Å². The molecule has 1 fully saturated rings. The van der Waals surface area contributed by atoms with Gasteiger partial charge < -0.3 is 20.5 Å². The lowest BCUT2D eigenvalue weighted by Crippen LogP contribution is -2.35. The van der Waals surface area contributed by atoms with Crippen LogP contribution in [0, 0.1) is 0 Å². The number of amidine groups is 1. The molecule has 2 aliphatic heterocycles. The van der Waals surface area contributed by atoms with Gasteiger partial charge >= 0.3 is 0 Å². The van der Waals surface area contributed by atoms with Gasteiger partial charge in [0, 0.05) is 18.4 Å². The van der Waals surface area contributed by atoms with Crippen LogP contribution in [-0.2, 0) is 4.74 Å². The number of ether oxygens (including phenoxy) is 2. The van der Waals surface area contributed by atoms with Gasteiger partial charge in [0.25, 0.3) is 0 Å². The molecule has 2 unspecified atom stereocenters. The van der Waals surface area contributed by atoms with Crippen molar-refractivity contribution in [2.75, 3.05) is 24.2 Å². The van der Waals surface area contributed by atoms with Crippen molar-refractivity contribution in [2.24, 2.45) is 4.99 Å². The summed E-state index contributed by atoms with van der Waals surface area (Å²) in [5.41, 5.74) is 7.37. The van der Waals surface area contributed by atoms with Crippen molar-refractivity contribution >= 4 is 17.2 Å². The van der Waals surface area contributed by atoms with E-state index in [0.717, 1.165) is 36.7 Å². The average Bonchev–Trinajstić information content (AvgIpc) is 2.89. The molecule has 2 heterocycles. The Kier molecular flexibility index (Phi) is 3.29. The molecule has 0 saturated carbocycles. The van der Waals surface area contributed by atoms with Crippen molar-refractivity contribution < 1.29 is 9.47 Å². The fraction of sp³-hybridized carbons (Fsp3) is 0.500. The molecular weight excluding hydrogens is 242 g/mol. The molecule has 1 aromatic rings. The van der Waals surface area contributed by atoms with E-state index in [0.29, 0.717) is 12.2 Å². The topological polar surface area (TPSA) is 68.9 Å². The van der Waals surface area contributed by atoms with Gasteiger partial charge in [-0.3, -0.25) is 4.99 Å². The first kappa shape index (κ1) is 12.3. The molecule has 3 rings (SSSR count). The summed E-state index contributed by atoms with van der Waals surface area (Å²) in [4.78, 5) is 4.59. The Morgan fingerprint density at radius 1 is 1.47 bits per heavy atom. The number of nitrogens with two attached hydrogens (primary N) is 1. The first-order valence-corrected chi connectivity index (χ1v) is 6.71. The first-order chi connectivity index (χ1) is 9.22. The zero-order chi connectivity index (χ0) is 13.2. The van der Waals surface area contributed by atoms with Gasteiger partial charge in [-0.05, 0) is 31.9 Å². The van der Waals surface area contributed by atoms with Crippen LogP contribution in [0.5, 0.6) is 5.75 Å². The zero-order valence-electron chi connectivity index (χ0n) is 11.1. The molecule has 3 N–H and O–H groups in total. The van der Waals surface area contributed by atoms with E-state index in [2.05, 4.69) is 10.3 Å². The number of hydrogen-bond acceptors (Lipinski definition) is 4. The second kappa shape index (κ2) is 5.09. The molecule has 0 amide bonds. The normalized spacial score (nSPS) is 27.7. The second-order valence-corrected chi connectivity index (χ2v) is 5.00. The van der Waals surface area contributed by atoms with E-state index in [4.69, 9.17) is 15.2 Å². The van der Waals surface area contributed by atoms with Crippen LogP contribution in [0.25, 0.3) is 0 Å². The second-order valence-electron chi connectivity index (χ2n) is 5.00. The summed E-state index contributed by atoms with van der Waals surface area (Å²) >= 11 is 0. The van der Waals surface area contributed by atoms with Crippen molar-refractivity contribution in [3.05, 3.63) is 18.2 Å². The van der Waals surface area contributed by atoms with Crippen LogP contribution in [0.15, 0.2) is 23.2 Å². The largest absolute Gasteiger partial charge is 0.481 e. The van der Waals surface area contributed by atoms with E-state index in [1.807, 2.05) is 25.1 Å². The van der Waals surface area contributed by atoms with Gasteiger partial charge in [0.15, 0.2) is 6.10 Å². The van der Waals surface area contributed by atoms with Crippen molar-refractivity contribution in [1.29, 1.82) is 0 Å². The molecule has 0 aliphatic carbocycles. The number of fused-ring (bicyclic) bond motifs is 1. The van der Waals surface area contributed by atoms with E-state index in [1.165, 1.54) is 0 Å². The maximum Gasteiger partial charge on any atom is 0.153 e. The number of aliphatic imine (C=N–C) groups is 1. The van der Waals surface area contributed by atoms with Crippen LogP contribution >= 0.6 is 0 Å². The Balaban J connectivity index is 1.73. The zero-order valence-corrected chi connectivity index (χ0v) is 11.1. The summed E-state index contributed by atoms with van der Waals surface area (Å²) in [5, 5.41) is 3.31. The van der Waals surface area contributed by atoms with Gasteiger partial charge in [0.05, 0.1) is 18.3 Å². The number of benzene rings is 1. The molecule has 2 atom stereocenters. The predicted octanol–water partition coefficient (Wildman–Crippen LogP) is 2.04. The minimum absolute atomic E-state index is 0.0873. The van der Waals surface area contributed by atoms with Crippen molar-refractivity contribution in [2.45, 2.75) is 32.0 Å². The van der Waals surface area contributed by atoms with Crippen LogP contribution in [0.1, 0.15) is 19.8 Å². The summed E-state index contributed by atoms with van der Waals surface area (Å²) in [7, 11) is 0. The third-order valence-electron chi connectivity index (χ3n) is 3.45. The minimum atomic E-state index is -0.0873. The Bertz CT molecular complexity index is 495. The molecule has 0 aromatic heterocycles. The van der Waals surface area contributed by atoms with E-state index in [9.17, 15) is 0 Å². The van der Waals surface area contributed by atoms with Crippen molar-refractivity contribution in [3.8, 4) is 5.75 Å². The van der Waals surface area contributed by atoms with Gasteiger partial charge in [-0.15, -0.1) is 0 Å². The summed E-state index contributed by atoms with van der Waals surface area (Å²) in [6.07, 6.45) is 2.40. The Labute approximate surface area is 112 Å². The number of rotatable bonds is 2. The highest BCUT2D eigenvalue weighted by Crippen LogP contribution is 2.31. The third kappa shape index (κ3) is 2.66. The van der Waals surface area contributed by atoms with Gasteiger partial charge in [-0.2, -0.15) is 0 Å². The molecule has 1 aromatic carbocycles. The Morgan fingerprint density at radius 2 is 2.37 bits per heavy atom. The fourth-order valence-corrected chi connectivity index (χ4v) is 2.38. The molecule has 5 heteroatoms. The van der Waals surface area contributed by atoms with E-state index in [-0.39, 0.29) is 12.2 Å². The molecule has 0 spiro atoms. The number of nitrogens with zero attached hydrogens (tertiary/aromatic N) is 1. The SMILES string of the molecule is CC1Oc2cc(N)ccc2NC1=NCC1CCCO1. The predicted molar refractivity (Wildman–Crippen MR) is 75.8 cm³/mol. The highest BCUT2D eigenvalue weighted by Gasteiger charge is 2.23. The van der Waals surface area contributed by atoms with Crippen molar-refractivity contribution in [3.63, 3.8) is 0 Å². The van der Waals surface area contributed by atoms with E-state index in [1.54, 1.807) is 0 Å². The van der Waals surface area contributed by atoms with E-state index < -0.39 is 0 Å². The molecule has 0 bridgehead atoms. The molecule has 1 saturated heterocycles. The van der Waals surface area contributed by atoms with Gasteiger partial charge in [0.1, 0.15) is 11.6 Å². The van der Waals surface area contributed by atoms with Gasteiger partial charge in [-0.1, -0.05) is 0 Å². The monoisotopic (exact) mass is 261 g/mol. The number of anilines is 2. The van der Waals surface area contributed by atoms with Gasteiger partial charge in [0.2, 0.25) is 0 Å².